The van der Waals surface area contributed by atoms with Gasteiger partial charge in [0.2, 0.25) is 0 Å². The Balaban J connectivity index is 2.03. The molecule has 0 saturated heterocycles. The number of rotatable bonds is 6. The van der Waals surface area contributed by atoms with Crippen molar-refractivity contribution in [1.82, 2.24) is 4.98 Å². The molecule has 0 radical (unpaired) electrons. The fourth-order valence-electron chi connectivity index (χ4n) is 2.24. The highest BCUT2D eigenvalue weighted by Crippen LogP contribution is 2.17. The minimum atomic E-state index is -0.119. The van der Waals surface area contributed by atoms with E-state index >= 15 is 0 Å². The summed E-state index contributed by atoms with van der Waals surface area (Å²) < 4.78 is 13.6. The van der Waals surface area contributed by atoms with Crippen molar-refractivity contribution in [3.63, 3.8) is 0 Å². The third kappa shape index (κ3) is 4.18. The Morgan fingerprint density at radius 3 is 2.24 bits per heavy atom. The summed E-state index contributed by atoms with van der Waals surface area (Å²) in [5.41, 5.74) is 4.40. The first-order chi connectivity index (χ1) is 10.1. The number of hydrogen-bond acceptors (Lipinski definition) is 3. The minimum absolute atomic E-state index is 0.119. The average Bonchev–Trinajstić information content (AvgIpc) is 2.49. The van der Waals surface area contributed by atoms with Crippen molar-refractivity contribution in [1.29, 1.82) is 0 Å². The van der Waals surface area contributed by atoms with Crippen molar-refractivity contribution in [3.05, 3.63) is 53.1 Å². The van der Waals surface area contributed by atoms with Crippen LogP contribution in [0.3, 0.4) is 0 Å². The van der Waals surface area contributed by atoms with Gasteiger partial charge >= 0.3 is 0 Å². The summed E-state index contributed by atoms with van der Waals surface area (Å²) in [5, 5.41) is 6.63. The average molecular weight is 287 g/mol. The molecule has 0 aliphatic heterocycles. The number of anilines is 2. The van der Waals surface area contributed by atoms with Gasteiger partial charge in [-0.1, -0.05) is 19.1 Å². The maximum absolute atomic E-state index is 13.6. The summed E-state index contributed by atoms with van der Waals surface area (Å²) in [4.78, 5) is 4.21. The molecule has 2 N–H and O–H groups in total. The molecule has 3 nitrogen and oxygen atoms in total. The lowest BCUT2D eigenvalue weighted by atomic mass is 10.1. The number of halogens is 1. The summed E-state index contributed by atoms with van der Waals surface area (Å²) in [6.07, 6.45) is 4.68. The summed E-state index contributed by atoms with van der Waals surface area (Å²) in [6.45, 7) is 7.30. The Hall–Kier alpha value is -2.10. The Morgan fingerprint density at radius 1 is 1.00 bits per heavy atom. The third-order valence-electron chi connectivity index (χ3n) is 3.31. The molecule has 1 aromatic carbocycles. The molecular formula is C17H22FN3. The van der Waals surface area contributed by atoms with Crippen LogP contribution in [-0.4, -0.2) is 11.5 Å². The molecule has 0 bridgehead atoms. The van der Waals surface area contributed by atoms with E-state index in [9.17, 15) is 4.39 Å². The molecule has 21 heavy (non-hydrogen) atoms. The molecule has 112 valence electrons. The normalized spacial score (nSPS) is 10.5. The first kappa shape index (κ1) is 15.3. The summed E-state index contributed by atoms with van der Waals surface area (Å²) in [6, 6.07) is 5.79. The Bertz CT molecular complexity index is 588. The first-order valence-electron chi connectivity index (χ1n) is 7.28. The Kier molecular flexibility index (Phi) is 5.14. The predicted octanol–water partition coefficient (Wildman–Crippen LogP) is 4.27. The molecule has 0 aliphatic rings. The van der Waals surface area contributed by atoms with Crippen LogP contribution < -0.4 is 10.6 Å². The molecule has 0 unspecified atom stereocenters. The highest BCUT2D eigenvalue weighted by Gasteiger charge is 2.04. The van der Waals surface area contributed by atoms with Crippen molar-refractivity contribution in [2.24, 2.45) is 0 Å². The summed E-state index contributed by atoms with van der Waals surface area (Å²) in [5.74, 6) is -0.119. The second kappa shape index (κ2) is 7.07. The molecule has 2 aromatic rings. The molecule has 0 atom stereocenters. The van der Waals surface area contributed by atoms with Gasteiger partial charge in [-0.15, -0.1) is 0 Å². The molecule has 1 heterocycles. The zero-order valence-electron chi connectivity index (χ0n) is 12.8. The Labute approximate surface area is 125 Å². The van der Waals surface area contributed by atoms with E-state index in [1.54, 1.807) is 20.0 Å². The molecule has 0 fully saturated rings. The number of aromatic nitrogens is 1. The van der Waals surface area contributed by atoms with Crippen LogP contribution in [0.5, 0.6) is 0 Å². The molecule has 0 saturated carbocycles. The monoisotopic (exact) mass is 287 g/mol. The van der Waals surface area contributed by atoms with Gasteiger partial charge in [0, 0.05) is 13.1 Å². The van der Waals surface area contributed by atoms with Gasteiger partial charge in [-0.05, 0) is 43.0 Å². The largest absolute Gasteiger partial charge is 0.384 e. The standard InChI is InChI=1S/C17H22FN3/c1-4-5-20-15-8-16(11-19-10-15)21-9-14-6-12(2)17(18)13(3)7-14/h6-8,10-11,20-21H,4-5,9H2,1-3H3. The van der Waals surface area contributed by atoms with Crippen molar-refractivity contribution in [2.75, 3.05) is 17.2 Å². The van der Waals surface area contributed by atoms with Gasteiger partial charge in [-0.2, -0.15) is 0 Å². The van der Waals surface area contributed by atoms with Gasteiger partial charge in [0.1, 0.15) is 5.82 Å². The smallest absolute Gasteiger partial charge is 0.129 e. The van der Waals surface area contributed by atoms with Crippen LogP contribution in [0.25, 0.3) is 0 Å². The van der Waals surface area contributed by atoms with Crippen LogP contribution in [-0.2, 0) is 6.54 Å². The van der Waals surface area contributed by atoms with Crippen LogP contribution in [0.4, 0.5) is 15.8 Å². The van der Waals surface area contributed by atoms with E-state index in [-0.39, 0.29) is 5.82 Å². The fourth-order valence-corrected chi connectivity index (χ4v) is 2.24. The van der Waals surface area contributed by atoms with Crippen LogP contribution in [0.1, 0.15) is 30.0 Å². The summed E-state index contributed by atoms with van der Waals surface area (Å²) >= 11 is 0. The van der Waals surface area contributed by atoms with E-state index in [1.165, 1.54) is 0 Å². The zero-order chi connectivity index (χ0) is 15.2. The molecule has 0 spiro atoms. The second-order valence-electron chi connectivity index (χ2n) is 5.29. The van der Waals surface area contributed by atoms with E-state index in [1.807, 2.05) is 24.4 Å². The maximum atomic E-state index is 13.6. The zero-order valence-corrected chi connectivity index (χ0v) is 12.8. The number of nitrogens with zero attached hydrogens (tertiary/aromatic N) is 1. The van der Waals surface area contributed by atoms with Crippen LogP contribution in [0, 0.1) is 19.7 Å². The predicted molar refractivity (Wildman–Crippen MR) is 86.2 cm³/mol. The van der Waals surface area contributed by atoms with Crippen LogP contribution in [0.2, 0.25) is 0 Å². The number of nitrogens with one attached hydrogen (secondary N) is 2. The first-order valence-corrected chi connectivity index (χ1v) is 7.28. The van der Waals surface area contributed by atoms with Gasteiger partial charge < -0.3 is 10.6 Å². The van der Waals surface area contributed by atoms with E-state index < -0.39 is 0 Å². The van der Waals surface area contributed by atoms with E-state index in [4.69, 9.17) is 0 Å². The quantitative estimate of drug-likeness (QED) is 0.833. The Morgan fingerprint density at radius 2 is 1.62 bits per heavy atom. The lowest BCUT2D eigenvalue weighted by Crippen LogP contribution is -2.04. The number of benzene rings is 1. The molecular weight excluding hydrogens is 265 g/mol. The van der Waals surface area contributed by atoms with E-state index in [0.717, 1.165) is 29.9 Å². The fraction of sp³-hybridized carbons (Fsp3) is 0.353. The van der Waals surface area contributed by atoms with E-state index in [0.29, 0.717) is 17.7 Å². The van der Waals surface area contributed by atoms with Gasteiger partial charge in [0.25, 0.3) is 0 Å². The SMILES string of the molecule is CCCNc1cncc(NCc2cc(C)c(F)c(C)c2)c1. The lowest BCUT2D eigenvalue weighted by molar-refractivity contribution is 0.608. The van der Waals surface area contributed by atoms with E-state index in [2.05, 4.69) is 22.5 Å². The van der Waals surface area contributed by atoms with Crippen molar-refractivity contribution < 1.29 is 4.39 Å². The highest BCUT2D eigenvalue weighted by molar-refractivity contribution is 5.54. The molecule has 0 aliphatic carbocycles. The number of pyridine rings is 1. The molecule has 1 aromatic heterocycles. The lowest BCUT2D eigenvalue weighted by Gasteiger charge is -2.11. The van der Waals surface area contributed by atoms with Crippen molar-refractivity contribution >= 4 is 11.4 Å². The minimum Gasteiger partial charge on any atom is -0.384 e. The second-order valence-corrected chi connectivity index (χ2v) is 5.29. The van der Waals surface area contributed by atoms with Crippen molar-refractivity contribution in [3.8, 4) is 0 Å². The van der Waals surface area contributed by atoms with Crippen LogP contribution >= 0.6 is 0 Å². The number of aryl methyl sites for hydroxylation is 2. The topological polar surface area (TPSA) is 37.0 Å². The molecule has 4 heteroatoms. The van der Waals surface area contributed by atoms with Gasteiger partial charge in [-0.3, -0.25) is 4.98 Å². The molecule has 0 amide bonds. The maximum Gasteiger partial charge on any atom is 0.129 e. The van der Waals surface area contributed by atoms with Crippen LogP contribution in [0.15, 0.2) is 30.6 Å². The number of hydrogen-bond donors (Lipinski definition) is 2. The third-order valence-corrected chi connectivity index (χ3v) is 3.31. The molecule has 2 rings (SSSR count). The van der Waals surface area contributed by atoms with Gasteiger partial charge in [0.05, 0.1) is 23.8 Å². The van der Waals surface area contributed by atoms with Gasteiger partial charge in [-0.25, -0.2) is 4.39 Å². The highest BCUT2D eigenvalue weighted by atomic mass is 19.1. The van der Waals surface area contributed by atoms with Crippen molar-refractivity contribution in [2.45, 2.75) is 33.7 Å². The summed E-state index contributed by atoms with van der Waals surface area (Å²) in [7, 11) is 0. The van der Waals surface area contributed by atoms with Gasteiger partial charge in [0.15, 0.2) is 0 Å².